The second-order valence-electron chi connectivity index (χ2n) is 7.27. The Morgan fingerprint density at radius 1 is 1.25 bits per heavy atom. The SMILES string of the molecule is CCN(CCNC(=O)c1cc(-c2ccccc2)c(N2CCOCC2)s1)C(C)C. The van der Waals surface area contributed by atoms with E-state index in [9.17, 15) is 4.79 Å². The van der Waals surface area contributed by atoms with E-state index in [0.29, 0.717) is 12.6 Å². The van der Waals surface area contributed by atoms with Gasteiger partial charge in [-0.15, -0.1) is 11.3 Å². The van der Waals surface area contributed by atoms with E-state index in [1.54, 1.807) is 11.3 Å². The molecule has 28 heavy (non-hydrogen) atoms. The molecule has 2 aromatic rings. The maximum Gasteiger partial charge on any atom is 0.261 e. The molecule has 0 aliphatic carbocycles. The highest BCUT2D eigenvalue weighted by molar-refractivity contribution is 7.18. The van der Waals surface area contributed by atoms with Gasteiger partial charge in [-0.25, -0.2) is 0 Å². The first-order valence-corrected chi connectivity index (χ1v) is 11.0. The Labute approximate surface area is 172 Å². The van der Waals surface area contributed by atoms with Gasteiger partial charge in [0.2, 0.25) is 0 Å². The fourth-order valence-corrected chi connectivity index (χ4v) is 4.65. The molecule has 0 spiro atoms. The standard InChI is InChI=1S/C22H31N3O2S/c1-4-24(17(2)3)11-10-23-21(26)20-16-19(18-8-6-5-7-9-18)22(28-20)25-12-14-27-15-13-25/h5-9,16-17H,4,10-15H2,1-3H3,(H,23,26). The zero-order valence-electron chi connectivity index (χ0n) is 17.1. The molecular formula is C22H31N3O2S. The lowest BCUT2D eigenvalue weighted by molar-refractivity contribution is 0.0950. The van der Waals surface area contributed by atoms with Gasteiger partial charge in [0.15, 0.2) is 0 Å². The predicted molar refractivity (Wildman–Crippen MR) is 118 cm³/mol. The lowest BCUT2D eigenvalue weighted by Crippen LogP contribution is -2.38. The Kier molecular flexibility index (Phi) is 7.48. The summed E-state index contributed by atoms with van der Waals surface area (Å²) < 4.78 is 5.51. The Hall–Kier alpha value is -1.89. The maximum atomic E-state index is 12.8. The molecular weight excluding hydrogens is 370 g/mol. The number of benzene rings is 1. The molecule has 1 aliphatic rings. The highest BCUT2D eigenvalue weighted by atomic mass is 32.1. The molecule has 3 rings (SSSR count). The molecule has 1 aromatic carbocycles. The number of hydrogen-bond donors (Lipinski definition) is 1. The van der Waals surface area contributed by atoms with Gasteiger partial charge in [0, 0.05) is 37.8 Å². The Bertz CT molecular complexity index is 754. The van der Waals surface area contributed by atoms with Crippen molar-refractivity contribution < 1.29 is 9.53 Å². The average Bonchev–Trinajstić information content (AvgIpc) is 3.18. The van der Waals surface area contributed by atoms with Crippen LogP contribution in [0.15, 0.2) is 36.4 Å². The summed E-state index contributed by atoms with van der Waals surface area (Å²) in [7, 11) is 0. The maximum absolute atomic E-state index is 12.8. The number of rotatable bonds is 8. The van der Waals surface area contributed by atoms with Crippen molar-refractivity contribution >= 4 is 22.2 Å². The Morgan fingerprint density at radius 3 is 2.61 bits per heavy atom. The fourth-order valence-electron chi connectivity index (χ4n) is 3.50. The lowest BCUT2D eigenvalue weighted by Gasteiger charge is -2.28. The number of likely N-dealkylation sites (N-methyl/N-ethyl adjacent to an activating group) is 1. The minimum absolute atomic E-state index is 0.0153. The smallest absolute Gasteiger partial charge is 0.261 e. The van der Waals surface area contributed by atoms with Crippen LogP contribution in [-0.2, 0) is 4.74 Å². The van der Waals surface area contributed by atoms with Crippen LogP contribution in [-0.4, -0.2) is 62.8 Å². The van der Waals surface area contributed by atoms with Crippen LogP contribution in [0, 0.1) is 0 Å². The molecule has 1 saturated heterocycles. The predicted octanol–water partition coefficient (Wildman–Crippen LogP) is 3.71. The molecule has 0 bridgehead atoms. The van der Waals surface area contributed by atoms with Crippen LogP contribution in [0.3, 0.4) is 0 Å². The average molecular weight is 402 g/mol. The van der Waals surface area contributed by atoms with Gasteiger partial charge >= 0.3 is 0 Å². The highest BCUT2D eigenvalue weighted by Crippen LogP contribution is 2.39. The first-order valence-electron chi connectivity index (χ1n) is 10.1. The van der Waals surface area contributed by atoms with E-state index in [1.807, 2.05) is 24.3 Å². The number of carbonyl (C=O) groups excluding carboxylic acids is 1. The number of thiophene rings is 1. The number of carbonyl (C=O) groups is 1. The molecule has 2 heterocycles. The third-order valence-corrected chi connectivity index (χ3v) is 6.34. The number of ether oxygens (including phenoxy) is 1. The minimum atomic E-state index is 0.0153. The van der Waals surface area contributed by atoms with Gasteiger partial charge in [-0.05, 0) is 32.0 Å². The van der Waals surface area contributed by atoms with Crippen molar-refractivity contribution in [2.45, 2.75) is 26.8 Å². The van der Waals surface area contributed by atoms with Crippen molar-refractivity contribution in [3.05, 3.63) is 41.3 Å². The van der Waals surface area contributed by atoms with Gasteiger partial charge in [0.25, 0.3) is 5.91 Å². The summed E-state index contributed by atoms with van der Waals surface area (Å²) in [6.45, 7) is 12.2. The molecule has 0 radical (unpaired) electrons. The van der Waals surface area contributed by atoms with Gasteiger partial charge in [-0.2, -0.15) is 0 Å². The fraction of sp³-hybridized carbons (Fsp3) is 0.500. The van der Waals surface area contributed by atoms with E-state index in [2.05, 4.69) is 48.0 Å². The quantitative estimate of drug-likeness (QED) is 0.732. The van der Waals surface area contributed by atoms with E-state index >= 15 is 0 Å². The Balaban J connectivity index is 1.75. The normalized spacial score (nSPS) is 14.7. The molecule has 6 heteroatoms. The third-order valence-electron chi connectivity index (χ3n) is 5.14. The van der Waals surface area contributed by atoms with E-state index < -0.39 is 0 Å². The molecule has 1 fully saturated rings. The first-order chi connectivity index (χ1) is 13.6. The molecule has 152 valence electrons. The van der Waals surface area contributed by atoms with Gasteiger partial charge in [-0.1, -0.05) is 37.3 Å². The van der Waals surface area contributed by atoms with Crippen molar-refractivity contribution in [1.29, 1.82) is 0 Å². The van der Waals surface area contributed by atoms with Gasteiger partial charge in [-0.3, -0.25) is 9.69 Å². The topological polar surface area (TPSA) is 44.8 Å². The second-order valence-corrected chi connectivity index (χ2v) is 8.30. The van der Waals surface area contributed by atoms with Crippen LogP contribution in [0.2, 0.25) is 0 Å². The van der Waals surface area contributed by atoms with Crippen molar-refractivity contribution in [3.8, 4) is 11.1 Å². The molecule has 0 unspecified atom stereocenters. The molecule has 1 amide bonds. The van der Waals surface area contributed by atoms with Crippen LogP contribution < -0.4 is 10.2 Å². The van der Waals surface area contributed by atoms with Gasteiger partial charge < -0.3 is 15.0 Å². The molecule has 0 saturated carbocycles. The zero-order valence-corrected chi connectivity index (χ0v) is 17.9. The molecule has 0 atom stereocenters. The monoisotopic (exact) mass is 401 g/mol. The van der Waals surface area contributed by atoms with E-state index in [-0.39, 0.29) is 5.91 Å². The van der Waals surface area contributed by atoms with Crippen molar-refractivity contribution in [2.75, 3.05) is 50.8 Å². The van der Waals surface area contributed by atoms with Crippen LogP contribution >= 0.6 is 11.3 Å². The van der Waals surface area contributed by atoms with E-state index in [4.69, 9.17) is 4.74 Å². The van der Waals surface area contributed by atoms with Gasteiger partial charge in [0.1, 0.15) is 0 Å². The summed E-state index contributed by atoms with van der Waals surface area (Å²) in [5.74, 6) is 0.0153. The van der Waals surface area contributed by atoms with Crippen molar-refractivity contribution in [1.82, 2.24) is 10.2 Å². The summed E-state index contributed by atoms with van der Waals surface area (Å²) in [5, 5.41) is 4.26. The van der Waals surface area contributed by atoms with E-state index in [1.165, 1.54) is 0 Å². The number of anilines is 1. The zero-order chi connectivity index (χ0) is 19.9. The first kappa shape index (κ1) is 20.8. The second kappa shape index (κ2) is 10.0. The number of amides is 1. The third kappa shape index (κ3) is 5.13. The minimum Gasteiger partial charge on any atom is -0.378 e. The van der Waals surface area contributed by atoms with Crippen LogP contribution in [0.1, 0.15) is 30.4 Å². The van der Waals surface area contributed by atoms with Crippen molar-refractivity contribution in [2.24, 2.45) is 0 Å². The van der Waals surface area contributed by atoms with Crippen LogP contribution in [0.25, 0.3) is 11.1 Å². The lowest BCUT2D eigenvalue weighted by atomic mass is 10.1. The molecule has 1 aliphatic heterocycles. The number of nitrogens with one attached hydrogen (secondary N) is 1. The Morgan fingerprint density at radius 2 is 1.96 bits per heavy atom. The van der Waals surface area contributed by atoms with Crippen molar-refractivity contribution in [3.63, 3.8) is 0 Å². The molecule has 1 N–H and O–H groups in total. The summed E-state index contributed by atoms with van der Waals surface area (Å²) in [6, 6.07) is 12.8. The number of morpholine rings is 1. The summed E-state index contributed by atoms with van der Waals surface area (Å²) in [6.07, 6.45) is 0. The highest BCUT2D eigenvalue weighted by Gasteiger charge is 2.22. The number of nitrogens with zero attached hydrogens (tertiary/aromatic N) is 2. The van der Waals surface area contributed by atoms with Gasteiger partial charge in [0.05, 0.1) is 23.1 Å². The summed E-state index contributed by atoms with van der Waals surface area (Å²) >= 11 is 1.58. The summed E-state index contributed by atoms with van der Waals surface area (Å²) in [5.41, 5.74) is 2.28. The largest absolute Gasteiger partial charge is 0.378 e. The van der Waals surface area contributed by atoms with Crippen LogP contribution in [0.4, 0.5) is 5.00 Å². The molecule has 1 aromatic heterocycles. The summed E-state index contributed by atoms with van der Waals surface area (Å²) in [4.78, 5) is 18.3. The molecule has 5 nitrogen and oxygen atoms in total. The van der Waals surface area contributed by atoms with Crippen LogP contribution in [0.5, 0.6) is 0 Å². The van der Waals surface area contributed by atoms with E-state index in [0.717, 1.165) is 60.4 Å². The number of hydrogen-bond acceptors (Lipinski definition) is 5.